The van der Waals surface area contributed by atoms with E-state index >= 15 is 0 Å². The zero-order valence-corrected chi connectivity index (χ0v) is 12.1. The van der Waals surface area contributed by atoms with E-state index in [0.717, 1.165) is 0 Å². The Morgan fingerprint density at radius 2 is 1.47 bits per heavy atom. The molecular weight excluding hydrogens is 238 g/mol. The molecule has 0 spiro atoms. The van der Waals surface area contributed by atoms with E-state index < -0.39 is 0 Å². The first kappa shape index (κ1) is 13.4. The minimum absolute atomic E-state index is 0.0155. The van der Waals surface area contributed by atoms with E-state index in [2.05, 4.69) is 5.32 Å². The number of carbonyl (C=O) groups excluding carboxylic acids is 1. The lowest BCUT2D eigenvalue weighted by molar-refractivity contribution is -0.151. The van der Waals surface area contributed by atoms with Crippen LogP contribution >= 0.6 is 0 Å². The molecule has 108 valence electrons. The van der Waals surface area contributed by atoms with Crippen LogP contribution in [0.25, 0.3) is 0 Å². The van der Waals surface area contributed by atoms with Gasteiger partial charge in [0.1, 0.15) is 5.54 Å². The molecule has 0 amide bonds. The Labute approximate surface area is 116 Å². The van der Waals surface area contributed by atoms with Crippen molar-refractivity contribution >= 4 is 5.97 Å². The Hall–Kier alpha value is -0.570. The van der Waals surface area contributed by atoms with Gasteiger partial charge in [0.25, 0.3) is 0 Å². The number of esters is 1. The SMILES string of the molecule is COC(=O)C(NC1CCCCCC1)(C1CC1)C1CC1. The van der Waals surface area contributed by atoms with E-state index in [1.165, 1.54) is 64.2 Å². The van der Waals surface area contributed by atoms with Crippen molar-refractivity contribution in [3.05, 3.63) is 0 Å². The fraction of sp³-hybridized carbons (Fsp3) is 0.938. The molecule has 3 nitrogen and oxygen atoms in total. The number of ether oxygens (including phenoxy) is 1. The van der Waals surface area contributed by atoms with Gasteiger partial charge in [0, 0.05) is 6.04 Å². The van der Waals surface area contributed by atoms with Gasteiger partial charge in [-0.1, -0.05) is 25.7 Å². The summed E-state index contributed by atoms with van der Waals surface area (Å²) in [5.74, 6) is 1.09. The molecule has 0 heterocycles. The van der Waals surface area contributed by atoms with Gasteiger partial charge in [0.05, 0.1) is 7.11 Å². The van der Waals surface area contributed by atoms with Crippen molar-refractivity contribution in [2.45, 2.75) is 75.8 Å². The zero-order valence-electron chi connectivity index (χ0n) is 12.1. The van der Waals surface area contributed by atoms with Gasteiger partial charge in [0.15, 0.2) is 0 Å². The normalized spacial score (nSPS) is 25.9. The van der Waals surface area contributed by atoms with Crippen LogP contribution in [0.4, 0.5) is 0 Å². The molecule has 0 aromatic heterocycles. The van der Waals surface area contributed by atoms with Crippen LogP contribution in [-0.2, 0) is 9.53 Å². The van der Waals surface area contributed by atoms with Crippen molar-refractivity contribution in [1.82, 2.24) is 5.32 Å². The average Bonchev–Trinajstić information content (AvgIpc) is 3.30. The Morgan fingerprint density at radius 1 is 0.947 bits per heavy atom. The third-order valence-corrected chi connectivity index (χ3v) is 5.26. The number of rotatable bonds is 5. The van der Waals surface area contributed by atoms with Gasteiger partial charge in [-0.2, -0.15) is 0 Å². The molecule has 3 fully saturated rings. The van der Waals surface area contributed by atoms with E-state index in [1.807, 2.05) is 0 Å². The molecule has 0 atom stereocenters. The maximum atomic E-state index is 12.5. The highest BCUT2D eigenvalue weighted by molar-refractivity contribution is 5.83. The summed E-state index contributed by atoms with van der Waals surface area (Å²) < 4.78 is 5.19. The van der Waals surface area contributed by atoms with Gasteiger partial charge in [-0.05, 0) is 50.4 Å². The quantitative estimate of drug-likeness (QED) is 0.613. The second-order valence-corrected chi connectivity index (χ2v) is 6.74. The summed E-state index contributed by atoms with van der Waals surface area (Å²) in [5, 5.41) is 3.81. The molecule has 0 radical (unpaired) electrons. The fourth-order valence-electron chi connectivity index (χ4n) is 3.97. The zero-order chi connectivity index (χ0) is 13.3. The average molecular weight is 265 g/mol. The molecule has 0 bridgehead atoms. The molecule has 1 N–H and O–H groups in total. The van der Waals surface area contributed by atoms with Crippen LogP contribution in [0.3, 0.4) is 0 Å². The molecule has 3 heteroatoms. The molecule has 3 aliphatic rings. The summed E-state index contributed by atoms with van der Waals surface area (Å²) in [6, 6.07) is 0.530. The lowest BCUT2D eigenvalue weighted by atomic mass is 9.85. The summed E-state index contributed by atoms with van der Waals surface area (Å²) in [5.41, 5.74) is -0.330. The standard InChI is InChI=1S/C16H27NO2/c1-19-15(18)16(12-8-9-12,13-10-11-13)17-14-6-4-2-3-5-7-14/h12-14,17H,2-11H2,1H3. The van der Waals surface area contributed by atoms with E-state index in [1.54, 1.807) is 7.11 Å². The largest absolute Gasteiger partial charge is 0.468 e. The molecule has 0 saturated heterocycles. The van der Waals surface area contributed by atoms with Crippen molar-refractivity contribution in [3.8, 4) is 0 Å². The van der Waals surface area contributed by atoms with Gasteiger partial charge < -0.3 is 4.74 Å². The van der Waals surface area contributed by atoms with E-state index in [-0.39, 0.29) is 11.5 Å². The van der Waals surface area contributed by atoms with Crippen LogP contribution in [0.2, 0.25) is 0 Å². The molecule has 19 heavy (non-hydrogen) atoms. The lowest BCUT2D eigenvalue weighted by Crippen LogP contribution is -2.59. The third kappa shape index (κ3) is 2.67. The number of hydrogen-bond acceptors (Lipinski definition) is 3. The molecule has 0 aliphatic heterocycles. The number of carbonyl (C=O) groups is 1. The highest BCUT2D eigenvalue weighted by atomic mass is 16.5. The molecule has 3 aliphatic carbocycles. The van der Waals surface area contributed by atoms with Crippen LogP contribution in [0, 0.1) is 11.8 Å². The summed E-state index contributed by atoms with van der Waals surface area (Å²) in [7, 11) is 1.55. The topological polar surface area (TPSA) is 38.3 Å². The number of methoxy groups -OCH3 is 1. The van der Waals surface area contributed by atoms with Crippen LogP contribution in [-0.4, -0.2) is 24.7 Å². The van der Waals surface area contributed by atoms with Gasteiger partial charge >= 0.3 is 5.97 Å². The molecule has 3 saturated carbocycles. The Bertz CT molecular complexity index is 314. The lowest BCUT2D eigenvalue weighted by Gasteiger charge is -2.36. The summed E-state index contributed by atoms with van der Waals surface area (Å²) >= 11 is 0. The van der Waals surface area contributed by atoms with Crippen LogP contribution in [0.1, 0.15) is 64.2 Å². The fourth-order valence-corrected chi connectivity index (χ4v) is 3.97. The van der Waals surface area contributed by atoms with Gasteiger partial charge in [-0.25, -0.2) is 0 Å². The predicted molar refractivity (Wildman–Crippen MR) is 74.8 cm³/mol. The van der Waals surface area contributed by atoms with Crippen molar-refractivity contribution in [3.63, 3.8) is 0 Å². The molecule has 0 aromatic rings. The molecule has 3 rings (SSSR count). The predicted octanol–water partition coefficient (Wildman–Crippen LogP) is 3.03. The highest BCUT2D eigenvalue weighted by Crippen LogP contribution is 2.53. The monoisotopic (exact) mass is 265 g/mol. The first-order chi connectivity index (χ1) is 9.27. The molecule has 0 unspecified atom stereocenters. The maximum absolute atomic E-state index is 12.5. The molecule has 0 aromatic carbocycles. The summed E-state index contributed by atoms with van der Waals surface area (Å²) in [6.45, 7) is 0. The van der Waals surface area contributed by atoms with Crippen LogP contribution < -0.4 is 5.32 Å². The van der Waals surface area contributed by atoms with Crippen LogP contribution in [0.5, 0.6) is 0 Å². The van der Waals surface area contributed by atoms with Crippen molar-refractivity contribution in [2.24, 2.45) is 11.8 Å². The van der Waals surface area contributed by atoms with Crippen molar-refractivity contribution in [2.75, 3.05) is 7.11 Å². The second-order valence-electron chi connectivity index (χ2n) is 6.74. The van der Waals surface area contributed by atoms with E-state index in [0.29, 0.717) is 17.9 Å². The summed E-state index contributed by atoms with van der Waals surface area (Å²) in [4.78, 5) is 12.5. The second kappa shape index (κ2) is 5.43. The Kier molecular flexibility index (Phi) is 3.84. The minimum Gasteiger partial charge on any atom is -0.468 e. The minimum atomic E-state index is -0.330. The smallest absolute Gasteiger partial charge is 0.326 e. The van der Waals surface area contributed by atoms with Gasteiger partial charge in [-0.3, -0.25) is 10.1 Å². The van der Waals surface area contributed by atoms with Gasteiger partial charge in [0.2, 0.25) is 0 Å². The first-order valence-electron chi connectivity index (χ1n) is 8.13. The van der Waals surface area contributed by atoms with Gasteiger partial charge in [-0.15, -0.1) is 0 Å². The van der Waals surface area contributed by atoms with Crippen LogP contribution in [0.15, 0.2) is 0 Å². The maximum Gasteiger partial charge on any atom is 0.326 e. The number of nitrogens with one attached hydrogen (secondary N) is 1. The number of hydrogen-bond donors (Lipinski definition) is 1. The first-order valence-corrected chi connectivity index (χ1v) is 8.13. The van der Waals surface area contributed by atoms with Crippen molar-refractivity contribution in [1.29, 1.82) is 0 Å². The Balaban J connectivity index is 1.75. The third-order valence-electron chi connectivity index (χ3n) is 5.26. The molecular formula is C16H27NO2. The van der Waals surface area contributed by atoms with E-state index in [9.17, 15) is 4.79 Å². The van der Waals surface area contributed by atoms with Crippen molar-refractivity contribution < 1.29 is 9.53 Å². The summed E-state index contributed by atoms with van der Waals surface area (Å²) in [6.07, 6.45) is 12.6. The Morgan fingerprint density at radius 3 is 1.89 bits per heavy atom. The van der Waals surface area contributed by atoms with E-state index in [4.69, 9.17) is 4.74 Å². The highest BCUT2D eigenvalue weighted by Gasteiger charge is 2.60.